The Labute approximate surface area is 134 Å². The van der Waals surface area contributed by atoms with Crippen molar-refractivity contribution >= 4 is 38.6 Å². The Morgan fingerprint density at radius 1 is 1.23 bits per heavy atom. The molecule has 3 N–H and O–H groups in total. The Hall–Kier alpha value is -2.78. The molecule has 0 aliphatic carbocycles. The minimum atomic E-state index is -0.121. The number of allylic oxidation sites excluding steroid dienone is 1. The Bertz CT molecular complexity index is 905. The standard InChI is InChI=1S/C16H10BrN3O2/c17-11-6-9(14(21)7-15(11)22)5-10(8-18)16-19-12-3-1-2-4-13(12)20-16/h1-7,21-22H,(H,19,20). The number of aromatic hydroxyl groups is 2. The van der Waals surface area contributed by atoms with E-state index in [1.54, 1.807) is 0 Å². The van der Waals surface area contributed by atoms with E-state index in [0.717, 1.165) is 11.0 Å². The molecule has 3 rings (SSSR count). The van der Waals surface area contributed by atoms with Crippen molar-refractivity contribution in [3.8, 4) is 17.6 Å². The van der Waals surface area contributed by atoms with Crippen LogP contribution in [0.4, 0.5) is 0 Å². The lowest BCUT2D eigenvalue weighted by molar-refractivity contribution is 0.447. The monoisotopic (exact) mass is 355 g/mol. The molecule has 1 aromatic heterocycles. The van der Waals surface area contributed by atoms with E-state index in [0.29, 0.717) is 15.9 Å². The number of nitrogens with zero attached hydrogens (tertiary/aromatic N) is 2. The Morgan fingerprint density at radius 2 is 2.00 bits per heavy atom. The third-order valence-corrected chi connectivity index (χ3v) is 3.80. The molecule has 0 unspecified atom stereocenters. The van der Waals surface area contributed by atoms with Gasteiger partial charge in [-0.2, -0.15) is 5.26 Å². The van der Waals surface area contributed by atoms with Crippen molar-refractivity contribution < 1.29 is 10.2 Å². The maximum atomic E-state index is 9.88. The average Bonchev–Trinajstić information content (AvgIpc) is 2.93. The quantitative estimate of drug-likeness (QED) is 0.609. The normalized spacial score (nSPS) is 11.5. The summed E-state index contributed by atoms with van der Waals surface area (Å²) >= 11 is 3.18. The molecular weight excluding hydrogens is 346 g/mol. The summed E-state index contributed by atoms with van der Waals surface area (Å²) < 4.78 is 0.429. The van der Waals surface area contributed by atoms with Crippen molar-refractivity contribution in [1.29, 1.82) is 5.26 Å². The molecule has 0 saturated heterocycles. The number of phenolic OH excluding ortho intramolecular Hbond substituents is 2. The van der Waals surface area contributed by atoms with Gasteiger partial charge in [-0.05, 0) is 40.2 Å². The molecule has 6 heteroatoms. The molecule has 0 aliphatic rings. The van der Waals surface area contributed by atoms with Crippen LogP contribution in [-0.4, -0.2) is 20.2 Å². The first kappa shape index (κ1) is 14.2. The first-order valence-electron chi connectivity index (χ1n) is 6.37. The topological polar surface area (TPSA) is 92.9 Å². The lowest BCUT2D eigenvalue weighted by Crippen LogP contribution is -1.86. The Morgan fingerprint density at radius 3 is 2.73 bits per heavy atom. The summed E-state index contributed by atoms with van der Waals surface area (Å²) in [5, 5.41) is 28.8. The Balaban J connectivity index is 2.11. The van der Waals surface area contributed by atoms with Crippen LogP contribution >= 0.6 is 15.9 Å². The molecule has 2 aromatic carbocycles. The Kier molecular flexibility index (Phi) is 3.57. The lowest BCUT2D eigenvalue weighted by Gasteiger charge is -2.03. The van der Waals surface area contributed by atoms with Crippen LogP contribution in [0.25, 0.3) is 22.7 Å². The van der Waals surface area contributed by atoms with Crippen LogP contribution in [0, 0.1) is 11.3 Å². The molecule has 0 bridgehead atoms. The second kappa shape index (κ2) is 5.54. The zero-order valence-electron chi connectivity index (χ0n) is 11.2. The van der Waals surface area contributed by atoms with Crippen LogP contribution in [0.15, 0.2) is 40.9 Å². The zero-order valence-corrected chi connectivity index (χ0v) is 12.8. The van der Waals surface area contributed by atoms with Crippen molar-refractivity contribution in [2.75, 3.05) is 0 Å². The predicted octanol–water partition coefficient (Wildman–Crippen LogP) is 3.80. The van der Waals surface area contributed by atoms with Gasteiger partial charge in [-0.1, -0.05) is 12.1 Å². The number of aromatic nitrogens is 2. The molecular formula is C16H10BrN3O2. The largest absolute Gasteiger partial charge is 0.507 e. The molecule has 0 saturated carbocycles. The van der Waals surface area contributed by atoms with Gasteiger partial charge in [-0.3, -0.25) is 0 Å². The van der Waals surface area contributed by atoms with Gasteiger partial charge in [0.05, 0.1) is 21.1 Å². The van der Waals surface area contributed by atoms with Crippen molar-refractivity contribution in [2.45, 2.75) is 0 Å². The van der Waals surface area contributed by atoms with E-state index in [1.165, 1.54) is 18.2 Å². The smallest absolute Gasteiger partial charge is 0.149 e. The van der Waals surface area contributed by atoms with Crippen molar-refractivity contribution in [3.63, 3.8) is 0 Å². The summed E-state index contributed by atoms with van der Waals surface area (Å²) in [5.41, 5.74) is 2.27. The first-order chi connectivity index (χ1) is 10.6. The number of nitriles is 1. The molecule has 0 fully saturated rings. The number of fused-ring (bicyclic) bond motifs is 1. The van der Waals surface area contributed by atoms with Gasteiger partial charge in [0, 0.05) is 11.6 Å². The lowest BCUT2D eigenvalue weighted by atomic mass is 10.1. The summed E-state index contributed by atoms with van der Waals surface area (Å²) in [4.78, 5) is 7.43. The van der Waals surface area contributed by atoms with Gasteiger partial charge >= 0.3 is 0 Å². The van der Waals surface area contributed by atoms with E-state index in [-0.39, 0.29) is 17.1 Å². The fourth-order valence-corrected chi connectivity index (χ4v) is 2.43. The molecule has 0 aliphatic heterocycles. The SMILES string of the molecule is N#CC(=Cc1cc(Br)c(O)cc1O)c1nc2ccccc2[nH]1. The first-order valence-corrected chi connectivity index (χ1v) is 7.16. The van der Waals surface area contributed by atoms with Gasteiger partial charge in [0.25, 0.3) is 0 Å². The number of para-hydroxylation sites is 2. The van der Waals surface area contributed by atoms with Crippen molar-refractivity contribution in [1.82, 2.24) is 9.97 Å². The molecule has 5 nitrogen and oxygen atoms in total. The highest BCUT2D eigenvalue weighted by Gasteiger charge is 2.10. The number of rotatable bonds is 2. The number of H-pyrrole nitrogens is 1. The van der Waals surface area contributed by atoms with Crippen LogP contribution in [0.5, 0.6) is 11.5 Å². The maximum absolute atomic E-state index is 9.88. The van der Waals surface area contributed by atoms with Gasteiger partial charge in [0.15, 0.2) is 0 Å². The van der Waals surface area contributed by atoms with E-state index in [9.17, 15) is 15.5 Å². The van der Waals surface area contributed by atoms with Gasteiger partial charge in [0.2, 0.25) is 0 Å². The number of halogens is 1. The van der Waals surface area contributed by atoms with Gasteiger partial charge in [-0.15, -0.1) is 0 Å². The number of phenols is 2. The summed E-state index contributed by atoms with van der Waals surface area (Å²) in [6.07, 6.45) is 1.51. The van der Waals surface area contributed by atoms with E-state index in [4.69, 9.17) is 0 Å². The second-order valence-electron chi connectivity index (χ2n) is 4.63. The molecule has 1 heterocycles. The number of nitrogens with one attached hydrogen (secondary N) is 1. The maximum Gasteiger partial charge on any atom is 0.149 e. The van der Waals surface area contributed by atoms with Crippen LogP contribution in [-0.2, 0) is 0 Å². The zero-order chi connectivity index (χ0) is 15.7. The van der Waals surface area contributed by atoms with Crippen molar-refractivity contribution in [3.05, 3.63) is 52.3 Å². The molecule has 0 spiro atoms. The third-order valence-electron chi connectivity index (χ3n) is 3.16. The summed E-state index contributed by atoms with van der Waals surface area (Å²) in [5.74, 6) is 0.230. The van der Waals surface area contributed by atoms with E-state index in [2.05, 4.69) is 32.0 Å². The molecule has 0 atom stereocenters. The van der Waals surface area contributed by atoms with Gasteiger partial charge in [-0.25, -0.2) is 4.98 Å². The summed E-state index contributed by atoms with van der Waals surface area (Å²) in [7, 11) is 0. The number of aromatic amines is 1. The highest BCUT2D eigenvalue weighted by atomic mass is 79.9. The minimum absolute atomic E-state index is 0.0723. The van der Waals surface area contributed by atoms with E-state index >= 15 is 0 Å². The third kappa shape index (κ3) is 2.54. The van der Waals surface area contributed by atoms with Crippen molar-refractivity contribution in [2.24, 2.45) is 0 Å². The fourth-order valence-electron chi connectivity index (χ4n) is 2.07. The molecule has 108 valence electrons. The molecule has 22 heavy (non-hydrogen) atoms. The van der Waals surface area contributed by atoms with Gasteiger partial charge in [0.1, 0.15) is 23.4 Å². The summed E-state index contributed by atoms with van der Waals surface area (Å²) in [6, 6.07) is 12.3. The number of hydrogen-bond acceptors (Lipinski definition) is 4. The van der Waals surface area contributed by atoms with Crippen LogP contribution < -0.4 is 0 Å². The summed E-state index contributed by atoms with van der Waals surface area (Å²) in [6.45, 7) is 0. The molecule has 0 amide bonds. The number of imidazole rings is 1. The minimum Gasteiger partial charge on any atom is -0.507 e. The number of benzene rings is 2. The van der Waals surface area contributed by atoms with Crippen LogP contribution in [0.3, 0.4) is 0 Å². The fraction of sp³-hybridized carbons (Fsp3) is 0. The average molecular weight is 356 g/mol. The van der Waals surface area contributed by atoms with Gasteiger partial charge < -0.3 is 15.2 Å². The van der Waals surface area contributed by atoms with Crippen LogP contribution in [0.2, 0.25) is 0 Å². The molecule has 3 aromatic rings. The highest BCUT2D eigenvalue weighted by Crippen LogP contribution is 2.33. The number of hydrogen-bond donors (Lipinski definition) is 3. The van der Waals surface area contributed by atoms with E-state index < -0.39 is 0 Å². The second-order valence-corrected chi connectivity index (χ2v) is 5.49. The predicted molar refractivity (Wildman–Crippen MR) is 87.0 cm³/mol. The highest BCUT2D eigenvalue weighted by molar-refractivity contribution is 9.10. The van der Waals surface area contributed by atoms with Crippen LogP contribution in [0.1, 0.15) is 11.4 Å². The van der Waals surface area contributed by atoms with E-state index in [1.807, 2.05) is 24.3 Å². The molecule has 0 radical (unpaired) electrons.